The van der Waals surface area contributed by atoms with E-state index < -0.39 is 10.5 Å². The molecule has 2 rings (SSSR count). The lowest BCUT2D eigenvalue weighted by Gasteiger charge is -2.11. The Morgan fingerprint density at radius 1 is 1.52 bits per heavy atom. The molecule has 0 aliphatic heterocycles. The van der Waals surface area contributed by atoms with Gasteiger partial charge in [0.05, 0.1) is 21.0 Å². The van der Waals surface area contributed by atoms with Crippen LogP contribution in [0.25, 0.3) is 0 Å². The Morgan fingerprint density at radius 3 is 2.81 bits per heavy atom. The number of halogens is 1. The largest absolute Gasteiger partial charge is 0.482 e. The van der Waals surface area contributed by atoms with Crippen LogP contribution >= 0.6 is 15.9 Å². The van der Waals surface area contributed by atoms with Gasteiger partial charge in [-0.1, -0.05) is 5.16 Å². The average molecular weight is 357 g/mol. The van der Waals surface area contributed by atoms with E-state index in [4.69, 9.17) is 15.0 Å². The van der Waals surface area contributed by atoms with E-state index in [2.05, 4.69) is 26.1 Å². The second-order valence-electron chi connectivity index (χ2n) is 4.89. The molecule has 0 aliphatic carbocycles. The predicted molar refractivity (Wildman–Crippen MR) is 76.6 cm³/mol. The molecule has 0 aliphatic rings. The Bertz CT molecular complexity index is 666. The third-order valence-corrected chi connectivity index (χ3v) is 3.18. The van der Waals surface area contributed by atoms with Gasteiger partial charge in [0, 0.05) is 6.07 Å². The number of hydrogen-bond donors (Lipinski definition) is 1. The van der Waals surface area contributed by atoms with Gasteiger partial charge >= 0.3 is 0 Å². The number of nitro groups is 1. The summed E-state index contributed by atoms with van der Waals surface area (Å²) in [6.45, 7) is 3.49. The van der Waals surface area contributed by atoms with Gasteiger partial charge in [0.1, 0.15) is 5.75 Å². The molecule has 0 fully saturated rings. The second kappa shape index (κ2) is 5.78. The highest BCUT2D eigenvalue weighted by atomic mass is 79.9. The first-order valence-corrected chi connectivity index (χ1v) is 6.75. The number of nitro benzene ring substituents is 1. The summed E-state index contributed by atoms with van der Waals surface area (Å²) in [4.78, 5) is 14.3. The van der Waals surface area contributed by atoms with Crippen LogP contribution in [0.1, 0.15) is 25.6 Å². The van der Waals surface area contributed by atoms with Crippen molar-refractivity contribution in [2.45, 2.75) is 26.0 Å². The maximum Gasteiger partial charge on any atom is 0.273 e. The van der Waals surface area contributed by atoms with E-state index in [-0.39, 0.29) is 18.2 Å². The number of aromatic nitrogens is 2. The minimum Gasteiger partial charge on any atom is -0.482 e. The lowest BCUT2D eigenvalue weighted by molar-refractivity contribution is -0.385. The number of rotatable bonds is 5. The van der Waals surface area contributed by atoms with Crippen molar-refractivity contribution in [3.63, 3.8) is 0 Å². The summed E-state index contributed by atoms with van der Waals surface area (Å²) in [6.07, 6.45) is 0. The van der Waals surface area contributed by atoms with Crippen molar-refractivity contribution >= 4 is 21.6 Å². The van der Waals surface area contributed by atoms with Crippen LogP contribution in [0.3, 0.4) is 0 Å². The topological polar surface area (TPSA) is 117 Å². The van der Waals surface area contributed by atoms with Gasteiger partial charge < -0.3 is 15.0 Å². The molecule has 0 amide bonds. The van der Waals surface area contributed by atoms with E-state index in [0.717, 1.165) is 0 Å². The minimum absolute atomic E-state index is 0.0111. The molecule has 0 unspecified atom stereocenters. The van der Waals surface area contributed by atoms with Crippen molar-refractivity contribution in [1.82, 2.24) is 10.1 Å². The van der Waals surface area contributed by atoms with Crippen LogP contribution in [0.4, 0.5) is 5.69 Å². The number of nitrogens with two attached hydrogens (primary N) is 1. The molecule has 8 nitrogen and oxygen atoms in total. The van der Waals surface area contributed by atoms with E-state index >= 15 is 0 Å². The molecule has 0 atom stereocenters. The van der Waals surface area contributed by atoms with Gasteiger partial charge in [-0.3, -0.25) is 10.1 Å². The first kappa shape index (κ1) is 15.4. The molecule has 1 aromatic heterocycles. The summed E-state index contributed by atoms with van der Waals surface area (Å²) in [5.74, 6) is 0.914. The molecular weight excluding hydrogens is 344 g/mol. The molecule has 0 radical (unpaired) electrons. The first-order chi connectivity index (χ1) is 9.77. The summed E-state index contributed by atoms with van der Waals surface area (Å²) in [5.41, 5.74) is 5.06. The van der Waals surface area contributed by atoms with Crippen LogP contribution < -0.4 is 10.5 Å². The molecule has 21 heavy (non-hydrogen) atoms. The van der Waals surface area contributed by atoms with Crippen molar-refractivity contribution in [2.24, 2.45) is 5.73 Å². The molecule has 2 aromatic rings. The maximum absolute atomic E-state index is 10.7. The third kappa shape index (κ3) is 3.76. The van der Waals surface area contributed by atoms with Gasteiger partial charge in [-0.25, -0.2) is 0 Å². The van der Waals surface area contributed by atoms with Gasteiger partial charge in [0.25, 0.3) is 11.6 Å². The van der Waals surface area contributed by atoms with E-state index in [1.54, 1.807) is 13.8 Å². The SMILES string of the molecule is CC(C)(N)c1noc(COc2cc([N+](=O)[O-])ccc2Br)n1. The molecule has 0 bridgehead atoms. The number of benzene rings is 1. The average Bonchev–Trinajstić information content (AvgIpc) is 2.86. The van der Waals surface area contributed by atoms with Gasteiger partial charge in [0.2, 0.25) is 0 Å². The number of ether oxygens (including phenoxy) is 1. The summed E-state index contributed by atoms with van der Waals surface area (Å²) >= 11 is 3.26. The smallest absolute Gasteiger partial charge is 0.273 e. The van der Waals surface area contributed by atoms with Crippen molar-refractivity contribution in [3.8, 4) is 5.75 Å². The fourth-order valence-corrected chi connectivity index (χ4v) is 1.79. The highest BCUT2D eigenvalue weighted by Crippen LogP contribution is 2.29. The normalized spacial score (nSPS) is 11.4. The lowest BCUT2D eigenvalue weighted by Crippen LogP contribution is -2.30. The molecule has 1 aromatic carbocycles. The molecule has 0 saturated carbocycles. The van der Waals surface area contributed by atoms with E-state index in [1.165, 1.54) is 18.2 Å². The molecule has 112 valence electrons. The zero-order valence-electron chi connectivity index (χ0n) is 11.4. The van der Waals surface area contributed by atoms with Gasteiger partial charge in [-0.15, -0.1) is 0 Å². The summed E-state index contributed by atoms with van der Waals surface area (Å²) in [6, 6.07) is 4.22. The van der Waals surface area contributed by atoms with Crippen molar-refractivity contribution in [3.05, 3.63) is 44.5 Å². The fraction of sp³-hybridized carbons (Fsp3) is 0.333. The van der Waals surface area contributed by atoms with Gasteiger partial charge in [-0.05, 0) is 35.8 Å². The zero-order valence-corrected chi connectivity index (χ0v) is 13.0. The number of non-ortho nitro benzene ring substituents is 1. The van der Waals surface area contributed by atoms with Crippen LogP contribution in [0, 0.1) is 10.1 Å². The van der Waals surface area contributed by atoms with Crippen LogP contribution in [0.5, 0.6) is 5.75 Å². The minimum atomic E-state index is -0.714. The summed E-state index contributed by atoms with van der Waals surface area (Å²) < 4.78 is 11.1. The Labute approximate surface area is 128 Å². The Kier molecular flexibility index (Phi) is 4.24. The lowest BCUT2D eigenvalue weighted by atomic mass is 10.1. The molecule has 9 heteroatoms. The van der Waals surface area contributed by atoms with Gasteiger partial charge in [-0.2, -0.15) is 4.98 Å². The highest BCUT2D eigenvalue weighted by Gasteiger charge is 2.21. The molecule has 2 N–H and O–H groups in total. The molecular formula is C12H13BrN4O4. The van der Waals surface area contributed by atoms with E-state index in [9.17, 15) is 10.1 Å². The Balaban J connectivity index is 2.11. The number of nitrogens with zero attached hydrogens (tertiary/aromatic N) is 3. The maximum atomic E-state index is 10.7. The Hall–Kier alpha value is -2.00. The number of hydrogen-bond acceptors (Lipinski definition) is 7. The molecule has 0 spiro atoms. The van der Waals surface area contributed by atoms with Crippen molar-refractivity contribution < 1.29 is 14.2 Å². The first-order valence-electron chi connectivity index (χ1n) is 5.96. The second-order valence-corrected chi connectivity index (χ2v) is 5.75. The standard InChI is InChI=1S/C12H13BrN4O4/c1-12(2,14)11-15-10(21-16-11)6-20-9-5-7(17(18)19)3-4-8(9)13/h3-5H,6,14H2,1-2H3. The van der Waals surface area contributed by atoms with Crippen LogP contribution in [-0.2, 0) is 12.1 Å². The zero-order chi connectivity index (χ0) is 15.6. The van der Waals surface area contributed by atoms with E-state index in [0.29, 0.717) is 16.0 Å². The third-order valence-electron chi connectivity index (χ3n) is 2.52. The Morgan fingerprint density at radius 2 is 2.24 bits per heavy atom. The molecule has 1 heterocycles. The molecule has 0 saturated heterocycles. The summed E-state index contributed by atoms with van der Waals surface area (Å²) in [5, 5.41) is 14.5. The van der Waals surface area contributed by atoms with Crippen LogP contribution in [-0.4, -0.2) is 15.1 Å². The van der Waals surface area contributed by atoms with Crippen LogP contribution in [0.2, 0.25) is 0 Å². The van der Waals surface area contributed by atoms with Crippen molar-refractivity contribution in [1.29, 1.82) is 0 Å². The van der Waals surface area contributed by atoms with Gasteiger partial charge in [0.15, 0.2) is 12.4 Å². The summed E-state index contributed by atoms with van der Waals surface area (Å²) in [7, 11) is 0. The predicted octanol–water partition coefficient (Wildman–Crippen LogP) is 2.51. The fourth-order valence-electron chi connectivity index (χ4n) is 1.43. The van der Waals surface area contributed by atoms with Crippen molar-refractivity contribution in [2.75, 3.05) is 0 Å². The highest BCUT2D eigenvalue weighted by molar-refractivity contribution is 9.10. The van der Waals surface area contributed by atoms with E-state index in [1.807, 2.05) is 0 Å². The van der Waals surface area contributed by atoms with Crippen LogP contribution in [0.15, 0.2) is 27.2 Å². The quantitative estimate of drug-likeness (QED) is 0.645. The monoisotopic (exact) mass is 356 g/mol.